The molecule has 1 aromatic rings. The largest absolute Gasteiger partial charge is 0.329 e. The maximum absolute atomic E-state index is 11.8. The van der Waals surface area contributed by atoms with Crippen LogP contribution < -0.4 is 10.0 Å². The Bertz CT molecular complexity index is 474. The van der Waals surface area contributed by atoms with Crippen LogP contribution in [-0.2, 0) is 10.0 Å². The van der Waals surface area contributed by atoms with Gasteiger partial charge in [-0.25, -0.2) is 8.42 Å². The van der Waals surface area contributed by atoms with E-state index >= 15 is 0 Å². The van der Waals surface area contributed by atoms with Crippen molar-refractivity contribution >= 4 is 31.6 Å². The van der Waals surface area contributed by atoms with E-state index in [4.69, 9.17) is 5.73 Å². The summed E-state index contributed by atoms with van der Waals surface area (Å²) in [6.07, 6.45) is 0. The fourth-order valence-electron chi connectivity index (χ4n) is 1.22. The number of nitrogens with two attached hydrogens (primary N) is 1. The molecule has 0 fully saturated rings. The Morgan fingerprint density at radius 3 is 2.56 bits per heavy atom. The summed E-state index contributed by atoms with van der Waals surface area (Å²) in [4.78, 5) is 0. The molecule has 16 heavy (non-hydrogen) atoms. The first-order valence-corrected chi connectivity index (χ1v) is 7.21. The lowest BCUT2D eigenvalue weighted by atomic mass is 10.2. The van der Waals surface area contributed by atoms with Crippen LogP contribution in [0, 0.1) is 6.92 Å². The fraction of sp³-hybridized carbons (Fsp3) is 0.400. The van der Waals surface area contributed by atoms with Crippen LogP contribution in [-0.4, -0.2) is 27.8 Å². The first-order chi connectivity index (χ1) is 7.38. The van der Waals surface area contributed by atoms with Crippen molar-refractivity contribution in [1.82, 2.24) is 0 Å². The summed E-state index contributed by atoms with van der Waals surface area (Å²) in [6.45, 7) is 2.07. The second-order valence-electron chi connectivity index (χ2n) is 3.51. The van der Waals surface area contributed by atoms with Gasteiger partial charge in [-0.05, 0) is 24.6 Å². The molecule has 0 spiro atoms. The SMILES string of the molecule is Cc1ccc(N(C)S(=O)(=O)CCN)cc1Br. The van der Waals surface area contributed by atoms with Gasteiger partial charge < -0.3 is 5.73 Å². The van der Waals surface area contributed by atoms with E-state index in [-0.39, 0.29) is 12.3 Å². The topological polar surface area (TPSA) is 63.4 Å². The molecule has 4 nitrogen and oxygen atoms in total. The summed E-state index contributed by atoms with van der Waals surface area (Å²) in [5.41, 5.74) is 6.96. The fourth-order valence-corrected chi connectivity index (χ4v) is 2.60. The Morgan fingerprint density at radius 1 is 1.44 bits per heavy atom. The number of hydrogen-bond donors (Lipinski definition) is 1. The molecule has 0 aliphatic rings. The third-order valence-corrected chi connectivity index (χ3v) is 4.96. The molecular formula is C10H15BrN2O2S. The van der Waals surface area contributed by atoms with Gasteiger partial charge in [0.2, 0.25) is 10.0 Å². The van der Waals surface area contributed by atoms with Crippen molar-refractivity contribution in [2.24, 2.45) is 5.73 Å². The van der Waals surface area contributed by atoms with E-state index in [0.29, 0.717) is 5.69 Å². The molecule has 6 heteroatoms. The van der Waals surface area contributed by atoms with Gasteiger partial charge >= 0.3 is 0 Å². The van der Waals surface area contributed by atoms with Crippen molar-refractivity contribution in [3.8, 4) is 0 Å². The van der Waals surface area contributed by atoms with Gasteiger partial charge in [-0.15, -0.1) is 0 Å². The Kier molecular flexibility index (Phi) is 4.35. The van der Waals surface area contributed by atoms with Crippen LogP contribution in [0.2, 0.25) is 0 Å². The molecule has 0 saturated heterocycles. The van der Waals surface area contributed by atoms with Gasteiger partial charge in [0.25, 0.3) is 0 Å². The van der Waals surface area contributed by atoms with Crippen molar-refractivity contribution in [3.05, 3.63) is 28.2 Å². The lowest BCUT2D eigenvalue weighted by molar-refractivity contribution is 0.594. The predicted octanol–water partition coefficient (Wildman–Crippen LogP) is 1.48. The molecule has 2 N–H and O–H groups in total. The summed E-state index contributed by atoms with van der Waals surface area (Å²) in [7, 11) is -1.78. The molecule has 0 aliphatic heterocycles. The first-order valence-electron chi connectivity index (χ1n) is 4.81. The van der Waals surface area contributed by atoms with E-state index < -0.39 is 10.0 Å². The van der Waals surface area contributed by atoms with E-state index in [1.807, 2.05) is 13.0 Å². The molecular weight excluding hydrogens is 292 g/mol. The highest BCUT2D eigenvalue weighted by Crippen LogP contribution is 2.24. The van der Waals surface area contributed by atoms with Gasteiger partial charge in [0, 0.05) is 18.1 Å². The maximum Gasteiger partial charge on any atom is 0.236 e. The lowest BCUT2D eigenvalue weighted by Crippen LogP contribution is -2.31. The van der Waals surface area contributed by atoms with Gasteiger partial charge in [0.15, 0.2) is 0 Å². The van der Waals surface area contributed by atoms with Crippen LogP contribution in [0.1, 0.15) is 5.56 Å². The van der Waals surface area contributed by atoms with Gasteiger partial charge in [-0.3, -0.25) is 4.31 Å². The minimum Gasteiger partial charge on any atom is -0.329 e. The number of anilines is 1. The number of hydrogen-bond acceptors (Lipinski definition) is 3. The predicted molar refractivity (Wildman–Crippen MR) is 70.1 cm³/mol. The molecule has 1 aromatic carbocycles. The molecule has 0 unspecified atom stereocenters. The van der Waals surface area contributed by atoms with E-state index in [2.05, 4.69) is 15.9 Å². The van der Waals surface area contributed by atoms with Crippen molar-refractivity contribution in [1.29, 1.82) is 0 Å². The molecule has 0 amide bonds. The summed E-state index contributed by atoms with van der Waals surface area (Å²) in [5, 5.41) is 0. The highest BCUT2D eigenvalue weighted by atomic mass is 79.9. The van der Waals surface area contributed by atoms with Crippen LogP contribution in [0.25, 0.3) is 0 Å². The number of nitrogens with zero attached hydrogens (tertiary/aromatic N) is 1. The maximum atomic E-state index is 11.8. The Labute approximate surface area is 105 Å². The van der Waals surface area contributed by atoms with Crippen molar-refractivity contribution in [2.75, 3.05) is 23.7 Å². The molecule has 0 bridgehead atoms. The number of rotatable bonds is 4. The van der Waals surface area contributed by atoms with Gasteiger partial charge in [-0.1, -0.05) is 22.0 Å². The van der Waals surface area contributed by atoms with Gasteiger partial charge in [-0.2, -0.15) is 0 Å². The average molecular weight is 307 g/mol. The van der Waals surface area contributed by atoms with Gasteiger partial charge in [0.1, 0.15) is 0 Å². The quantitative estimate of drug-likeness (QED) is 0.916. The second kappa shape index (κ2) is 5.16. The molecule has 0 aromatic heterocycles. The zero-order valence-electron chi connectivity index (χ0n) is 9.27. The summed E-state index contributed by atoms with van der Waals surface area (Å²) in [6, 6.07) is 5.42. The van der Waals surface area contributed by atoms with Crippen LogP contribution in [0.15, 0.2) is 22.7 Å². The summed E-state index contributed by atoms with van der Waals surface area (Å²) >= 11 is 3.37. The molecule has 0 radical (unpaired) electrons. The van der Waals surface area contributed by atoms with Crippen LogP contribution in [0.3, 0.4) is 0 Å². The number of benzene rings is 1. The minimum atomic E-state index is -3.31. The third-order valence-electron chi connectivity index (χ3n) is 2.31. The minimum absolute atomic E-state index is 0.0466. The number of aryl methyl sites for hydroxylation is 1. The monoisotopic (exact) mass is 306 g/mol. The second-order valence-corrected chi connectivity index (χ2v) is 6.48. The number of halogens is 1. The molecule has 0 atom stereocenters. The molecule has 1 rings (SSSR count). The van der Waals surface area contributed by atoms with Gasteiger partial charge in [0.05, 0.1) is 11.4 Å². The third kappa shape index (κ3) is 2.96. The van der Waals surface area contributed by atoms with Crippen LogP contribution in [0.4, 0.5) is 5.69 Å². The Balaban J connectivity index is 3.05. The van der Waals surface area contributed by atoms with E-state index in [9.17, 15) is 8.42 Å². The first kappa shape index (κ1) is 13.5. The molecule has 0 saturated carbocycles. The number of sulfonamides is 1. The van der Waals surface area contributed by atoms with Crippen molar-refractivity contribution in [2.45, 2.75) is 6.92 Å². The van der Waals surface area contributed by atoms with Crippen molar-refractivity contribution in [3.63, 3.8) is 0 Å². The molecule has 0 heterocycles. The summed E-state index contributed by atoms with van der Waals surface area (Å²) < 4.78 is 25.7. The zero-order valence-corrected chi connectivity index (χ0v) is 11.7. The highest BCUT2D eigenvalue weighted by molar-refractivity contribution is 9.10. The molecule has 90 valence electrons. The van der Waals surface area contributed by atoms with E-state index in [1.165, 1.54) is 11.4 Å². The smallest absolute Gasteiger partial charge is 0.236 e. The standard InChI is InChI=1S/C10H15BrN2O2S/c1-8-3-4-9(7-10(8)11)13(2)16(14,15)6-5-12/h3-4,7H,5-6,12H2,1-2H3. The zero-order chi connectivity index (χ0) is 12.3. The Morgan fingerprint density at radius 2 is 2.06 bits per heavy atom. The highest BCUT2D eigenvalue weighted by Gasteiger charge is 2.17. The van der Waals surface area contributed by atoms with E-state index in [0.717, 1.165) is 10.0 Å². The average Bonchev–Trinajstić information content (AvgIpc) is 2.21. The van der Waals surface area contributed by atoms with E-state index in [1.54, 1.807) is 12.1 Å². The van der Waals surface area contributed by atoms with Crippen molar-refractivity contribution < 1.29 is 8.42 Å². The Hall–Kier alpha value is -0.590. The van der Waals surface area contributed by atoms with Crippen LogP contribution >= 0.6 is 15.9 Å². The normalized spacial score (nSPS) is 11.5. The summed E-state index contributed by atoms with van der Waals surface area (Å²) in [5.74, 6) is -0.0466. The lowest BCUT2D eigenvalue weighted by Gasteiger charge is -2.19. The molecule has 0 aliphatic carbocycles. The van der Waals surface area contributed by atoms with Crippen LogP contribution in [0.5, 0.6) is 0 Å².